The molecule has 0 bridgehead atoms. The van der Waals surface area contributed by atoms with Crippen molar-refractivity contribution in [3.05, 3.63) is 18.2 Å². The summed E-state index contributed by atoms with van der Waals surface area (Å²) in [6.45, 7) is 1.61. The van der Waals surface area contributed by atoms with Crippen molar-refractivity contribution in [3.63, 3.8) is 0 Å². The van der Waals surface area contributed by atoms with Gasteiger partial charge < -0.3 is 20.5 Å². The monoisotopic (exact) mass is 373 g/mol. The summed E-state index contributed by atoms with van der Waals surface area (Å²) < 4.78 is 12.2. The minimum absolute atomic E-state index is 0.105. The molecule has 1 unspecified atom stereocenters. The highest BCUT2D eigenvalue weighted by molar-refractivity contribution is 5.92. The average molecular weight is 373 g/mol. The molecular weight excluding hydrogens is 346 g/mol. The summed E-state index contributed by atoms with van der Waals surface area (Å²) in [6.07, 6.45) is 6.93. The second kappa shape index (κ2) is 7.38. The lowest BCUT2D eigenvalue weighted by atomic mass is 9.94. The number of primary amides is 1. The number of rotatable bonds is 4. The number of carbonyl (C=O) groups excluding carboxylic acids is 2. The number of amides is 2. The Hall–Kier alpha value is -2.28. The molecule has 3 N–H and O–H groups in total. The van der Waals surface area contributed by atoms with Crippen molar-refractivity contribution in [1.82, 2.24) is 4.90 Å². The van der Waals surface area contributed by atoms with Gasteiger partial charge in [0.1, 0.15) is 0 Å². The molecule has 2 amide bonds. The van der Waals surface area contributed by atoms with Gasteiger partial charge in [-0.1, -0.05) is 6.42 Å². The Labute approximate surface area is 159 Å². The molecule has 2 aliphatic heterocycles. The number of ether oxygens (including phenoxy) is 2. The van der Waals surface area contributed by atoms with Crippen LogP contribution in [-0.4, -0.2) is 42.1 Å². The molecule has 1 aliphatic carbocycles. The van der Waals surface area contributed by atoms with Crippen molar-refractivity contribution in [2.45, 2.75) is 50.7 Å². The highest BCUT2D eigenvalue weighted by atomic mass is 16.7. The first kappa shape index (κ1) is 18.1. The van der Waals surface area contributed by atoms with Gasteiger partial charge in [0, 0.05) is 31.1 Å². The first-order valence-electron chi connectivity index (χ1n) is 9.87. The van der Waals surface area contributed by atoms with E-state index in [1.54, 1.807) is 0 Å². The molecule has 1 saturated carbocycles. The Balaban J connectivity index is 1.35. The molecule has 1 atom stereocenters. The van der Waals surface area contributed by atoms with Crippen LogP contribution < -0.4 is 20.5 Å². The quantitative estimate of drug-likeness (QED) is 0.844. The number of anilines is 1. The van der Waals surface area contributed by atoms with Crippen LogP contribution in [0.1, 0.15) is 44.9 Å². The van der Waals surface area contributed by atoms with E-state index in [1.807, 2.05) is 23.1 Å². The third kappa shape index (κ3) is 4.03. The fourth-order valence-corrected chi connectivity index (χ4v) is 4.30. The number of hydrogen-bond acceptors (Lipinski definition) is 5. The van der Waals surface area contributed by atoms with Crippen LogP contribution in [-0.2, 0) is 9.59 Å². The first-order valence-corrected chi connectivity index (χ1v) is 9.87. The van der Waals surface area contributed by atoms with Gasteiger partial charge in [-0.15, -0.1) is 0 Å². The van der Waals surface area contributed by atoms with Gasteiger partial charge >= 0.3 is 0 Å². The fourth-order valence-electron chi connectivity index (χ4n) is 4.30. The number of benzene rings is 1. The van der Waals surface area contributed by atoms with E-state index in [1.165, 1.54) is 6.42 Å². The fraction of sp³-hybridized carbons (Fsp3) is 0.600. The van der Waals surface area contributed by atoms with Crippen molar-refractivity contribution < 1.29 is 19.1 Å². The van der Waals surface area contributed by atoms with E-state index in [9.17, 15) is 9.59 Å². The van der Waals surface area contributed by atoms with Crippen LogP contribution in [0.5, 0.6) is 11.5 Å². The number of nitrogens with zero attached hydrogens (tertiary/aromatic N) is 1. The minimum atomic E-state index is -0.513. The normalized spacial score (nSPS) is 23.9. The number of nitrogens with one attached hydrogen (secondary N) is 1. The van der Waals surface area contributed by atoms with E-state index in [2.05, 4.69) is 5.32 Å². The SMILES string of the molecule is NC(=O)C1CCCN(CC(=O)Nc2ccc3c(c2)OC2(CCCCC2)O3)C1. The van der Waals surface area contributed by atoms with E-state index < -0.39 is 5.79 Å². The number of fused-ring (bicyclic) bond motifs is 1. The molecule has 2 heterocycles. The van der Waals surface area contributed by atoms with Crippen LogP contribution in [0.3, 0.4) is 0 Å². The molecule has 7 nitrogen and oxygen atoms in total. The molecule has 2 fully saturated rings. The molecule has 7 heteroatoms. The Morgan fingerprint density at radius 1 is 1.15 bits per heavy atom. The zero-order chi connectivity index (χ0) is 18.9. The lowest BCUT2D eigenvalue weighted by molar-refractivity contribution is -0.125. The van der Waals surface area contributed by atoms with E-state index in [0.29, 0.717) is 18.0 Å². The maximum Gasteiger partial charge on any atom is 0.251 e. The number of nitrogens with two attached hydrogens (primary N) is 1. The summed E-state index contributed by atoms with van der Waals surface area (Å²) in [5.41, 5.74) is 6.10. The van der Waals surface area contributed by atoms with Crippen molar-refractivity contribution in [2.24, 2.45) is 11.7 Å². The summed E-state index contributed by atoms with van der Waals surface area (Å²) in [4.78, 5) is 25.8. The molecule has 1 saturated heterocycles. The van der Waals surface area contributed by atoms with Gasteiger partial charge in [-0.05, 0) is 44.4 Å². The third-order valence-corrected chi connectivity index (χ3v) is 5.71. The molecule has 1 aromatic rings. The zero-order valence-electron chi connectivity index (χ0n) is 15.5. The van der Waals surface area contributed by atoms with Crippen LogP contribution in [0.25, 0.3) is 0 Å². The van der Waals surface area contributed by atoms with Crippen molar-refractivity contribution in [2.75, 3.05) is 25.0 Å². The van der Waals surface area contributed by atoms with Crippen LogP contribution in [0.15, 0.2) is 18.2 Å². The second-order valence-corrected chi connectivity index (χ2v) is 7.86. The summed E-state index contributed by atoms with van der Waals surface area (Å²) in [5.74, 6) is 0.375. The first-order chi connectivity index (χ1) is 13.0. The van der Waals surface area contributed by atoms with Gasteiger partial charge in [-0.2, -0.15) is 0 Å². The van der Waals surface area contributed by atoms with Gasteiger partial charge in [-0.25, -0.2) is 0 Å². The number of likely N-dealkylation sites (tertiary alicyclic amines) is 1. The summed E-state index contributed by atoms with van der Waals surface area (Å²) in [5, 5.41) is 2.92. The number of hydrogen-bond donors (Lipinski definition) is 2. The summed E-state index contributed by atoms with van der Waals surface area (Å²) >= 11 is 0. The minimum Gasteiger partial charge on any atom is -0.448 e. The van der Waals surface area contributed by atoms with Gasteiger partial charge in [0.05, 0.1) is 12.5 Å². The van der Waals surface area contributed by atoms with Gasteiger partial charge in [0.2, 0.25) is 11.8 Å². The molecule has 0 aromatic heterocycles. The lowest BCUT2D eigenvalue weighted by Crippen LogP contribution is -2.44. The van der Waals surface area contributed by atoms with Crippen LogP contribution in [0.2, 0.25) is 0 Å². The predicted octanol–water partition coefficient (Wildman–Crippen LogP) is 2.25. The number of carbonyl (C=O) groups is 2. The topological polar surface area (TPSA) is 93.9 Å². The van der Waals surface area contributed by atoms with Gasteiger partial charge in [0.25, 0.3) is 5.79 Å². The molecule has 146 valence electrons. The Morgan fingerprint density at radius 2 is 1.93 bits per heavy atom. The van der Waals surface area contributed by atoms with E-state index in [-0.39, 0.29) is 24.3 Å². The molecule has 1 spiro atoms. The predicted molar refractivity (Wildman–Crippen MR) is 101 cm³/mol. The molecule has 27 heavy (non-hydrogen) atoms. The Kier molecular flexibility index (Phi) is 4.95. The smallest absolute Gasteiger partial charge is 0.251 e. The van der Waals surface area contributed by atoms with Gasteiger partial charge in [-0.3, -0.25) is 14.5 Å². The highest BCUT2D eigenvalue weighted by Gasteiger charge is 2.42. The van der Waals surface area contributed by atoms with Crippen LogP contribution >= 0.6 is 0 Å². The number of piperidine rings is 1. The highest BCUT2D eigenvalue weighted by Crippen LogP contribution is 2.46. The van der Waals surface area contributed by atoms with Crippen molar-refractivity contribution >= 4 is 17.5 Å². The maximum absolute atomic E-state index is 12.4. The maximum atomic E-state index is 12.4. The van der Waals surface area contributed by atoms with Crippen LogP contribution in [0, 0.1) is 5.92 Å². The van der Waals surface area contributed by atoms with Crippen LogP contribution in [0.4, 0.5) is 5.69 Å². The van der Waals surface area contributed by atoms with E-state index in [4.69, 9.17) is 15.2 Å². The van der Waals surface area contributed by atoms with E-state index >= 15 is 0 Å². The Morgan fingerprint density at radius 3 is 2.70 bits per heavy atom. The van der Waals surface area contributed by atoms with E-state index in [0.717, 1.165) is 50.8 Å². The molecular formula is C20H27N3O4. The van der Waals surface area contributed by atoms with Crippen molar-refractivity contribution in [1.29, 1.82) is 0 Å². The Bertz CT molecular complexity index is 730. The molecule has 1 aromatic carbocycles. The average Bonchev–Trinajstić information content (AvgIpc) is 2.99. The molecule has 3 aliphatic rings. The second-order valence-electron chi connectivity index (χ2n) is 7.86. The molecule has 4 rings (SSSR count). The molecule has 0 radical (unpaired) electrons. The van der Waals surface area contributed by atoms with Crippen molar-refractivity contribution in [3.8, 4) is 11.5 Å². The standard InChI is InChI=1S/C20H27N3O4/c21-19(25)14-5-4-10-23(12-14)13-18(24)22-15-6-7-16-17(11-15)27-20(26-16)8-2-1-3-9-20/h6-7,11,14H,1-5,8-10,12-13H2,(H2,21,25)(H,22,24). The summed E-state index contributed by atoms with van der Waals surface area (Å²) in [7, 11) is 0. The zero-order valence-corrected chi connectivity index (χ0v) is 15.5. The third-order valence-electron chi connectivity index (χ3n) is 5.71. The lowest BCUT2D eigenvalue weighted by Gasteiger charge is -2.31. The van der Waals surface area contributed by atoms with Gasteiger partial charge in [0.15, 0.2) is 11.5 Å². The summed E-state index contributed by atoms with van der Waals surface area (Å²) in [6, 6.07) is 5.53. The largest absolute Gasteiger partial charge is 0.448 e.